The normalized spacial score (nSPS) is 14.3. The van der Waals surface area contributed by atoms with E-state index in [-0.39, 0.29) is 29.3 Å². The highest BCUT2D eigenvalue weighted by Gasteiger charge is 2.27. The van der Waals surface area contributed by atoms with Gasteiger partial charge in [0.2, 0.25) is 10.0 Å². The number of halogens is 1. The molecular formula is C13H20ClN3O3S. The first-order chi connectivity index (χ1) is 9.53. The molecule has 1 amide bonds. The summed E-state index contributed by atoms with van der Waals surface area (Å²) in [6.07, 6.45) is 1.79. The van der Waals surface area contributed by atoms with Crippen molar-refractivity contribution in [1.29, 1.82) is 0 Å². The molecule has 0 aliphatic heterocycles. The third kappa shape index (κ3) is 5.28. The number of nitrogens with one attached hydrogen (secondary N) is 3. The highest BCUT2D eigenvalue weighted by atomic mass is 35.5. The molecule has 0 atom stereocenters. The summed E-state index contributed by atoms with van der Waals surface area (Å²) < 4.78 is 26.5. The van der Waals surface area contributed by atoms with Gasteiger partial charge in [-0.05, 0) is 44.2 Å². The Morgan fingerprint density at radius 1 is 1.19 bits per heavy atom. The summed E-state index contributed by atoms with van der Waals surface area (Å²) in [5.41, 5.74) is 0.450. The van der Waals surface area contributed by atoms with Crippen LogP contribution in [0.3, 0.4) is 0 Å². The molecule has 0 bridgehead atoms. The zero-order valence-electron chi connectivity index (χ0n) is 11.8. The van der Waals surface area contributed by atoms with Gasteiger partial charge in [0, 0.05) is 24.7 Å². The number of carbonyl (C=O) groups excluding carboxylic acids is 1. The minimum atomic E-state index is -3.45. The molecule has 0 unspecified atom stereocenters. The molecule has 1 aliphatic rings. The topological polar surface area (TPSA) is 87.3 Å². The molecule has 2 rings (SSSR count). The number of rotatable bonds is 7. The summed E-state index contributed by atoms with van der Waals surface area (Å²) in [5, 5.41) is 5.66. The molecule has 0 heterocycles. The van der Waals surface area contributed by atoms with Gasteiger partial charge >= 0.3 is 0 Å². The Balaban J connectivity index is 0.00000220. The lowest BCUT2D eigenvalue weighted by Gasteiger charge is -2.07. The van der Waals surface area contributed by atoms with E-state index in [1.807, 2.05) is 0 Å². The van der Waals surface area contributed by atoms with Crippen LogP contribution in [0.2, 0.25) is 0 Å². The van der Waals surface area contributed by atoms with Crippen molar-refractivity contribution in [1.82, 2.24) is 15.4 Å². The molecule has 3 N–H and O–H groups in total. The van der Waals surface area contributed by atoms with Crippen LogP contribution >= 0.6 is 12.4 Å². The van der Waals surface area contributed by atoms with Crippen LogP contribution in [0, 0.1) is 0 Å². The Bertz CT molecular complexity index is 571. The summed E-state index contributed by atoms with van der Waals surface area (Å²) in [6, 6.07) is 6.03. The largest absolute Gasteiger partial charge is 0.351 e. The van der Waals surface area contributed by atoms with Gasteiger partial charge in [0.25, 0.3) is 5.91 Å². The van der Waals surface area contributed by atoms with Crippen LogP contribution in [0.1, 0.15) is 23.2 Å². The highest BCUT2D eigenvalue weighted by Crippen LogP contribution is 2.22. The van der Waals surface area contributed by atoms with E-state index in [9.17, 15) is 13.2 Å². The number of benzene rings is 1. The summed E-state index contributed by atoms with van der Waals surface area (Å²) in [4.78, 5) is 12.0. The lowest BCUT2D eigenvalue weighted by molar-refractivity contribution is 0.0954. The van der Waals surface area contributed by atoms with Crippen LogP contribution in [0.15, 0.2) is 29.2 Å². The summed E-state index contributed by atoms with van der Waals surface area (Å²) >= 11 is 0. The van der Waals surface area contributed by atoms with E-state index in [0.717, 1.165) is 12.8 Å². The minimum absolute atomic E-state index is 0. The average molecular weight is 334 g/mol. The number of hydrogen-bond donors (Lipinski definition) is 3. The number of sulfonamides is 1. The SMILES string of the molecule is CNCCNC(=O)c1ccc(S(=O)(=O)NC2CC2)cc1.Cl. The van der Waals surface area contributed by atoms with Gasteiger partial charge in [-0.3, -0.25) is 4.79 Å². The van der Waals surface area contributed by atoms with E-state index in [1.54, 1.807) is 7.05 Å². The predicted molar refractivity (Wildman–Crippen MR) is 83.3 cm³/mol. The number of likely N-dealkylation sites (N-methyl/N-ethyl adjacent to an activating group) is 1. The zero-order chi connectivity index (χ0) is 14.6. The lowest BCUT2D eigenvalue weighted by atomic mass is 10.2. The molecule has 0 spiro atoms. The average Bonchev–Trinajstić information content (AvgIpc) is 3.22. The van der Waals surface area contributed by atoms with Crippen LogP contribution in [-0.4, -0.2) is 40.5 Å². The third-order valence-electron chi connectivity index (χ3n) is 2.99. The second-order valence-corrected chi connectivity index (χ2v) is 6.49. The van der Waals surface area contributed by atoms with Crippen molar-refractivity contribution in [2.75, 3.05) is 20.1 Å². The molecule has 8 heteroatoms. The van der Waals surface area contributed by atoms with Crippen LogP contribution in [0.5, 0.6) is 0 Å². The van der Waals surface area contributed by atoms with Gasteiger partial charge in [0.15, 0.2) is 0 Å². The molecule has 0 radical (unpaired) electrons. The van der Waals surface area contributed by atoms with Crippen molar-refractivity contribution in [3.8, 4) is 0 Å². The molecule has 6 nitrogen and oxygen atoms in total. The van der Waals surface area contributed by atoms with Gasteiger partial charge in [-0.25, -0.2) is 13.1 Å². The van der Waals surface area contributed by atoms with Gasteiger partial charge in [-0.1, -0.05) is 0 Å². The van der Waals surface area contributed by atoms with E-state index in [0.29, 0.717) is 18.7 Å². The van der Waals surface area contributed by atoms with E-state index in [1.165, 1.54) is 24.3 Å². The van der Waals surface area contributed by atoms with Crippen LogP contribution in [0.25, 0.3) is 0 Å². The summed E-state index contributed by atoms with van der Waals surface area (Å²) in [6.45, 7) is 1.21. The van der Waals surface area contributed by atoms with Crippen LogP contribution in [-0.2, 0) is 10.0 Å². The first kappa shape index (κ1) is 17.9. The predicted octanol–water partition coefficient (Wildman–Crippen LogP) is 0.498. The maximum absolute atomic E-state index is 12.0. The lowest BCUT2D eigenvalue weighted by Crippen LogP contribution is -2.30. The Morgan fingerprint density at radius 3 is 2.33 bits per heavy atom. The smallest absolute Gasteiger partial charge is 0.251 e. The Labute approximate surface area is 131 Å². The van der Waals surface area contributed by atoms with Crippen molar-refractivity contribution in [3.05, 3.63) is 29.8 Å². The van der Waals surface area contributed by atoms with E-state index < -0.39 is 10.0 Å². The zero-order valence-corrected chi connectivity index (χ0v) is 13.4. The molecule has 0 aromatic heterocycles. The number of hydrogen-bond acceptors (Lipinski definition) is 4. The maximum atomic E-state index is 12.0. The number of amides is 1. The minimum Gasteiger partial charge on any atom is -0.351 e. The van der Waals surface area contributed by atoms with Gasteiger partial charge < -0.3 is 10.6 Å². The Hall–Kier alpha value is -1.15. The molecule has 0 saturated heterocycles. The maximum Gasteiger partial charge on any atom is 0.251 e. The molecule has 1 aromatic carbocycles. The van der Waals surface area contributed by atoms with E-state index in [4.69, 9.17) is 0 Å². The molecule has 1 fully saturated rings. The highest BCUT2D eigenvalue weighted by molar-refractivity contribution is 7.89. The quantitative estimate of drug-likeness (QED) is 0.634. The van der Waals surface area contributed by atoms with Crippen molar-refractivity contribution >= 4 is 28.3 Å². The molecule has 1 aromatic rings. The number of carbonyl (C=O) groups is 1. The van der Waals surface area contributed by atoms with Crippen LogP contribution in [0.4, 0.5) is 0 Å². The van der Waals surface area contributed by atoms with Gasteiger partial charge in [0.1, 0.15) is 0 Å². The van der Waals surface area contributed by atoms with Crippen molar-refractivity contribution in [2.24, 2.45) is 0 Å². The fraction of sp³-hybridized carbons (Fsp3) is 0.462. The van der Waals surface area contributed by atoms with Crippen LogP contribution < -0.4 is 15.4 Å². The molecule has 1 saturated carbocycles. The summed E-state index contributed by atoms with van der Waals surface area (Å²) in [7, 11) is -1.65. The molecule has 21 heavy (non-hydrogen) atoms. The monoisotopic (exact) mass is 333 g/mol. The third-order valence-corrected chi connectivity index (χ3v) is 4.52. The second-order valence-electron chi connectivity index (χ2n) is 4.78. The standard InChI is InChI=1S/C13H19N3O3S.ClH/c1-14-8-9-15-13(17)10-2-6-12(7-3-10)20(18,19)16-11-4-5-11;/h2-3,6-7,11,14,16H,4-5,8-9H2,1H3,(H,15,17);1H. The van der Waals surface area contributed by atoms with E-state index >= 15 is 0 Å². The van der Waals surface area contributed by atoms with Gasteiger partial charge in [-0.15, -0.1) is 12.4 Å². The molecule has 1 aliphatic carbocycles. The first-order valence-corrected chi connectivity index (χ1v) is 8.06. The van der Waals surface area contributed by atoms with Crippen molar-refractivity contribution in [2.45, 2.75) is 23.8 Å². The second kappa shape index (κ2) is 7.74. The first-order valence-electron chi connectivity index (χ1n) is 6.58. The fourth-order valence-corrected chi connectivity index (χ4v) is 2.98. The van der Waals surface area contributed by atoms with Gasteiger partial charge in [0.05, 0.1) is 4.90 Å². The van der Waals surface area contributed by atoms with Crippen molar-refractivity contribution in [3.63, 3.8) is 0 Å². The summed E-state index contributed by atoms with van der Waals surface area (Å²) in [5.74, 6) is -0.209. The fourth-order valence-electron chi connectivity index (χ4n) is 1.68. The van der Waals surface area contributed by atoms with Gasteiger partial charge in [-0.2, -0.15) is 0 Å². The Kier molecular flexibility index (Phi) is 6.60. The molecule has 118 valence electrons. The Morgan fingerprint density at radius 2 is 1.81 bits per heavy atom. The molecular weight excluding hydrogens is 314 g/mol. The van der Waals surface area contributed by atoms with Crippen molar-refractivity contribution < 1.29 is 13.2 Å². The van der Waals surface area contributed by atoms with E-state index in [2.05, 4.69) is 15.4 Å².